The van der Waals surface area contributed by atoms with Crippen molar-refractivity contribution in [2.45, 2.75) is 117 Å². The summed E-state index contributed by atoms with van der Waals surface area (Å²) in [6, 6.07) is 46.3. The van der Waals surface area contributed by atoms with Crippen LogP contribution in [-0.2, 0) is 12.8 Å². The highest BCUT2D eigenvalue weighted by Crippen LogP contribution is 2.44. The maximum atomic E-state index is 4.66. The summed E-state index contributed by atoms with van der Waals surface area (Å²) in [4.78, 5) is 5.44. The zero-order valence-electron chi connectivity index (χ0n) is 41.4. The van der Waals surface area contributed by atoms with E-state index in [4.69, 9.17) is 0 Å². The van der Waals surface area contributed by atoms with E-state index < -0.39 is 0 Å². The Labute approximate surface area is 415 Å². The summed E-state index contributed by atoms with van der Waals surface area (Å²) in [6.45, 7) is 27.7. The molecular formula is C62H70N4S2. The number of para-hydroxylation sites is 2. The fourth-order valence-electron chi connectivity index (χ4n) is 9.61. The minimum atomic E-state index is -0.0760. The zero-order chi connectivity index (χ0) is 47.9. The molecule has 4 aromatic carbocycles. The molecule has 350 valence electrons. The third-order valence-corrected chi connectivity index (χ3v) is 15.8. The van der Waals surface area contributed by atoms with Crippen molar-refractivity contribution in [1.29, 1.82) is 0 Å². The maximum Gasteiger partial charge on any atom is 0.130 e. The van der Waals surface area contributed by atoms with E-state index in [0.717, 1.165) is 60.3 Å². The molecule has 2 aliphatic rings. The molecule has 0 fully saturated rings. The fourth-order valence-corrected chi connectivity index (χ4v) is 11.8. The normalized spacial score (nSPS) is 14.9. The summed E-state index contributed by atoms with van der Waals surface area (Å²) in [5.74, 6) is 1.52. The number of nitrogens with zero attached hydrogens (tertiary/aromatic N) is 2. The van der Waals surface area contributed by atoms with E-state index in [1.807, 2.05) is 22.7 Å². The van der Waals surface area contributed by atoms with Gasteiger partial charge in [0.05, 0.1) is 13.4 Å². The number of rotatable bonds is 19. The Morgan fingerprint density at radius 2 is 0.809 bits per heavy atom. The number of anilines is 2. The van der Waals surface area contributed by atoms with Gasteiger partial charge < -0.3 is 10.6 Å². The Balaban J connectivity index is 1.01. The van der Waals surface area contributed by atoms with Crippen LogP contribution in [0.15, 0.2) is 158 Å². The average molecular weight is 935 g/mol. The molecule has 0 saturated heterocycles. The molecule has 6 aromatic rings. The van der Waals surface area contributed by atoms with E-state index >= 15 is 0 Å². The molecule has 2 aliphatic heterocycles. The minimum Gasteiger partial charge on any atom is -0.375 e. The molecule has 0 saturated carbocycles. The number of hydrogen-bond donors (Lipinski definition) is 2. The number of nitrogens with one attached hydrogen (secondary N) is 2. The summed E-state index contributed by atoms with van der Waals surface area (Å²) in [5, 5.41) is 8.29. The lowest BCUT2D eigenvalue weighted by molar-refractivity contribution is -0.404. The highest BCUT2D eigenvalue weighted by atomic mass is 32.1. The predicted molar refractivity (Wildman–Crippen MR) is 296 cm³/mol. The third kappa shape index (κ3) is 10.8. The van der Waals surface area contributed by atoms with Crippen LogP contribution in [0, 0.1) is 12.1 Å². The largest absolute Gasteiger partial charge is 0.375 e. The molecule has 0 bridgehead atoms. The van der Waals surface area contributed by atoms with Gasteiger partial charge in [-0.25, -0.2) is 0 Å². The maximum absolute atomic E-state index is 4.66. The minimum absolute atomic E-state index is 0.0760. The van der Waals surface area contributed by atoms with E-state index in [-0.39, 0.29) is 12.1 Å². The van der Waals surface area contributed by atoms with Crippen LogP contribution in [0.3, 0.4) is 0 Å². The molecule has 2 unspecified atom stereocenters. The van der Waals surface area contributed by atoms with Gasteiger partial charge >= 0.3 is 0 Å². The summed E-state index contributed by atoms with van der Waals surface area (Å²) in [5.41, 5.74) is 12.4. The lowest BCUT2D eigenvalue weighted by Gasteiger charge is -2.32. The Morgan fingerprint density at radius 1 is 0.456 bits per heavy atom. The molecule has 2 atom stereocenters. The van der Waals surface area contributed by atoms with Crippen LogP contribution in [0.4, 0.5) is 11.4 Å². The summed E-state index contributed by atoms with van der Waals surface area (Å²) < 4.78 is 4.27. The van der Waals surface area contributed by atoms with Crippen molar-refractivity contribution in [2.75, 3.05) is 10.6 Å². The van der Waals surface area contributed by atoms with Crippen LogP contribution in [0.5, 0.6) is 0 Å². The highest BCUT2D eigenvalue weighted by Gasteiger charge is 2.33. The molecule has 4 nitrogen and oxygen atoms in total. The summed E-state index contributed by atoms with van der Waals surface area (Å²) in [6.07, 6.45) is 17.5. The van der Waals surface area contributed by atoms with Gasteiger partial charge in [-0.1, -0.05) is 177 Å². The van der Waals surface area contributed by atoms with Gasteiger partial charge in [0.15, 0.2) is 0 Å². The summed E-state index contributed by atoms with van der Waals surface area (Å²) >= 11 is 3.87. The number of benzene rings is 4. The summed E-state index contributed by atoms with van der Waals surface area (Å²) in [7, 11) is 0. The number of hydrogen-bond acceptors (Lipinski definition) is 4. The van der Waals surface area contributed by atoms with Crippen molar-refractivity contribution >= 4 is 58.9 Å². The van der Waals surface area contributed by atoms with Gasteiger partial charge in [-0.3, -0.25) is 9.15 Å². The van der Waals surface area contributed by atoms with Crippen LogP contribution in [0.2, 0.25) is 0 Å². The molecule has 0 aliphatic carbocycles. The van der Waals surface area contributed by atoms with Crippen molar-refractivity contribution in [3.8, 4) is 0 Å². The SMILES string of the molecule is C=[N+]1C(c2ccccc2)=CC=C[C-]1C(Nc1c(C(C)C)cccc1C(C)C)c1ccc(CCCCc2ccc(C(Nc3c(C(C)C)cccc3C(C)C)[C-]3C=CC=C(c4ccccc4)[N+]3=C)s2)s1. The van der Waals surface area contributed by atoms with Crippen LogP contribution >= 0.6 is 22.7 Å². The van der Waals surface area contributed by atoms with Crippen LogP contribution in [0.25, 0.3) is 11.4 Å². The molecular weight excluding hydrogens is 865 g/mol. The predicted octanol–water partition coefficient (Wildman–Crippen LogP) is 16.9. The topological polar surface area (TPSA) is 30.1 Å². The van der Waals surface area contributed by atoms with Crippen molar-refractivity contribution in [3.63, 3.8) is 0 Å². The van der Waals surface area contributed by atoms with Gasteiger partial charge in [-0.05, 0) is 95.9 Å². The second kappa shape index (κ2) is 21.9. The van der Waals surface area contributed by atoms with E-state index in [9.17, 15) is 0 Å². The first-order valence-electron chi connectivity index (χ1n) is 24.7. The quantitative estimate of drug-likeness (QED) is 0.0482. The first-order chi connectivity index (χ1) is 32.9. The van der Waals surface area contributed by atoms with Crippen molar-refractivity contribution in [1.82, 2.24) is 0 Å². The number of aryl methyl sites for hydroxylation is 2. The Hall–Kier alpha value is -6.08. The lowest BCUT2D eigenvalue weighted by atomic mass is 9.91. The number of thiophene rings is 2. The Kier molecular flexibility index (Phi) is 15.6. The van der Waals surface area contributed by atoms with Crippen LogP contribution in [0.1, 0.15) is 157 Å². The van der Waals surface area contributed by atoms with Crippen molar-refractivity contribution in [3.05, 3.63) is 223 Å². The molecule has 6 heteroatoms. The average Bonchev–Trinajstić information content (AvgIpc) is 4.02. The number of allylic oxidation sites excluding steroid dienone is 4. The number of unbranched alkanes of at least 4 members (excludes halogenated alkanes) is 1. The van der Waals surface area contributed by atoms with E-state index in [0.29, 0.717) is 23.7 Å². The van der Waals surface area contributed by atoms with Gasteiger partial charge in [0, 0.05) is 42.0 Å². The van der Waals surface area contributed by atoms with Gasteiger partial charge in [0.25, 0.3) is 0 Å². The molecule has 4 heterocycles. The van der Waals surface area contributed by atoms with Crippen molar-refractivity contribution in [2.24, 2.45) is 0 Å². The molecule has 2 aromatic heterocycles. The molecule has 0 spiro atoms. The molecule has 0 amide bonds. The molecule has 2 N–H and O–H groups in total. The van der Waals surface area contributed by atoms with Crippen molar-refractivity contribution < 1.29 is 9.15 Å². The lowest BCUT2D eigenvalue weighted by Crippen LogP contribution is -2.28. The highest BCUT2D eigenvalue weighted by molar-refractivity contribution is 7.12. The monoisotopic (exact) mass is 935 g/mol. The van der Waals surface area contributed by atoms with Gasteiger partial charge in [-0.2, -0.15) is 0 Å². The standard InChI is InChI=1S/C62H70N4S2/c1-41(2)49-29-19-30-50(42(3)4)59(49)63-61(55-35-21-33-53(65(55)9)45-23-13-11-14-24-45)57-39-37-47(67-57)27-17-18-28-48-38-40-58(68-48)62(64-60-51(43(5)6)31-20-32-52(60)44(7)8)56-36-22-34-54(66(56)10)46-25-15-12-16-26-46/h11-16,19-26,29-44,61-64H,9-10,17-18,27-28H2,1-8H3. The van der Waals surface area contributed by atoms with E-state index in [2.05, 4.69) is 246 Å². The Bertz CT molecular complexity index is 2570. The van der Waals surface area contributed by atoms with E-state index in [1.165, 1.54) is 53.1 Å². The second-order valence-corrected chi connectivity index (χ2v) is 21.9. The van der Waals surface area contributed by atoms with Crippen LogP contribution in [-0.4, -0.2) is 22.6 Å². The second-order valence-electron chi connectivity index (χ2n) is 19.5. The zero-order valence-corrected chi connectivity index (χ0v) is 43.1. The van der Waals surface area contributed by atoms with Gasteiger partial charge in [-0.15, -0.1) is 34.8 Å². The smallest absolute Gasteiger partial charge is 0.130 e. The third-order valence-electron chi connectivity index (χ3n) is 13.3. The first-order valence-corrected chi connectivity index (χ1v) is 26.3. The molecule has 0 radical (unpaired) electrons. The van der Waals surface area contributed by atoms with Gasteiger partial charge in [0.1, 0.15) is 35.6 Å². The van der Waals surface area contributed by atoms with E-state index in [1.54, 1.807) is 0 Å². The van der Waals surface area contributed by atoms with Crippen LogP contribution < -0.4 is 10.6 Å². The Morgan fingerprint density at radius 3 is 1.15 bits per heavy atom. The van der Waals surface area contributed by atoms with Gasteiger partial charge in [0.2, 0.25) is 0 Å². The fraction of sp³-hybridized carbons (Fsp3) is 0.290. The first kappa shape index (κ1) is 48.4. The molecule has 68 heavy (non-hydrogen) atoms. The molecule has 8 rings (SSSR count).